The fourth-order valence-electron chi connectivity index (χ4n) is 1.06. The molecule has 0 aliphatic carbocycles. The highest BCUT2D eigenvalue weighted by Gasteiger charge is 1.91. The zero-order chi connectivity index (χ0) is 11.2. The molecule has 2 aromatic heterocycles. The van der Waals surface area contributed by atoms with E-state index >= 15 is 0 Å². The average molecular weight is 209 g/mol. The zero-order valence-electron chi connectivity index (χ0n) is 8.33. The van der Waals surface area contributed by atoms with Crippen molar-refractivity contribution in [2.45, 2.75) is 6.54 Å². The van der Waals surface area contributed by atoms with Crippen LogP contribution in [0.4, 0.5) is 0 Å². The summed E-state index contributed by atoms with van der Waals surface area (Å²) in [6, 6.07) is 1.85. The normalized spacial score (nSPS) is 8.94. The summed E-state index contributed by atoms with van der Waals surface area (Å²) in [6.07, 6.45) is 8.30. The second-order valence-electron chi connectivity index (χ2n) is 2.94. The highest BCUT2D eigenvalue weighted by Crippen LogP contribution is 1.92. The summed E-state index contributed by atoms with van der Waals surface area (Å²) in [4.78, 5) is 11.5. The van der Waals surface area contributed by atoms with E-state index < -0.39 is 0 Å². The number of hydrogen-bond donors (Lipinski definition) is 0. The Morgan fingerprint density at radius 2 is 2.12 bits per heavy atom. The first kappa shape index (κ1) is 9.88. The maximum Gasteiger partial charge on any atom is 0.232 e. The minimum Gasteiger partial charge on any atom is -0.326 e. The predicted octanol–water partition coefficient (Wildman–Crippen LogP) is 0.596. The van der Waals surface area contributed by atoms with Crippen LogP contribution in [-0.2, 0) is 6.54 Å². The second kappa shape index (κ2) is 4.72. The van der Waals surface area contributed by atoms with E-state index in [1.54, 1.807) is 12.5 Å². The van der Waals surface area contributed by atoms with Crippen molar-refractivity contribution in [2.75, 3.05) is 0 Å². The second-order valence-corrected chi connectivity index (χ2v) is 2.94. The molecule has 0 aliphatic heterocycles. The molecule has 0 aromatic carbocycles. The van der Waals surface area contributed by atoms with Gasteiger partial charge in [0, 0.05) is 24.8 Å². The molecule has 0 saturated carbocycles. The van der Waals surface area contributed by atoms with E-state index in [2.05, 4.69) is 26.8 Å². The fraction of sp³-hybridized carbons (Fsp3) is 0.0909. The molecule has 5 heteroatoms. The number of aromatic nitrogens is 4. The Morgan fingerprint density at radius 3 is 2.75 bits per heavy atom. The first-order valence-electron chi connectivity index (χ1n) is 4.55. The van der Waals surface area contributed by atoms with Gasteiger partial charge < -0.3 is 4.57 Å². The first-order chi connectivity index (χ1) is 7.88. The van der Waals surface area contributed by atoms with Crippen LogP contribution in [-0.4, -0.2) is 19.5 Å². The number of nitriles is 1. The summed E-state index contributed by atoms with van der Waals surface area (Å²) in [5.74, 6) is 6.01. The number of nitrogens with zero attached hydrogens (tertiary/aromatic N) is 5. The molecule has 0 aliphatic rings. The molecule has 16 heavy (non-hydrogen) atoms. The number of rotatable bonds is 1. The van der Waals surface area contributed by atoms with Crippen LogP contribution in [0.1, 0.15) is 11.4 Å². The fourth-order valence-corrected chi connectivity index (χ4v) is 1.06. The molecule has 5 nitrogen and oxygen atoms in total. The summed E-state index contributed by atoms with van der Waals surface area (Å²) in [6.45, 7) is 0.569. The number of hydrogen-bond acceptors (Lipinski definition) is 4. The van der Waals surface area contributed by atoms with Gasteiger partial charge in [-0.2, -0.15) is 5.26 Å². The Balaban J connectivity index is 2.04. The van der Waals surface area contributed by atoms with Crippen LogP contribution >= 0.6 is 0 Å². The van der Waals surface area contributed by atoms with E-state index in [-0.39, 0.29) is 5.82 Å². The maximum atomic E-state index is 8.51. The molecule has 0 N–H and O–H groups in total. The van der Waals surface area contributed by atoms with Gasteiger partial charge in [-0.25, -0.2) is 15.0 Å². The van der Waals surface area contributed by atoms with Crippen LogP contribution in [0.15, 0.2) is 31.1 Å². The summed E-state index contributed by atoms with van der Waals surface area (Å²) >= 11 is 0. The Morgan fingerprint density at radius 1 is 1.31 bits per heavy atom. The molecule has 2 rings (SSSR count). The van der Waals surface area contributed by atoms with Crippen molar-refractivity contribution < 1.29 is 0 Å². The topological polar surface area (TPSA) is 67.4 Å². The molecule has 0 bridgehead atoms. The van der Waals surface area contributed by atoms with Gasteiger partial charge in [-0.05, 0) is 0 Å². The molecule has 0 atom stereocenters. The quantitative estimate of drug-likeness (QED) is 0.645. The molecule has 0 radical (unpaired) electrons. The van der Waals surface area contributed by atoms with Gasteiger partial charge in [0.1, 0.15) is 6.07 Å². The Bertz CT molecular complexity index is 551. The van der Waals surface area contributed by atoms with Gasteiger partial charge >= 0.3 is 0 Å². The lowest BCUT2D eigenvalue weighted by molar-refractivity contribution is 0.839. The molecular formula is C11H7N5. The molecule has 0 spiro atoms. The molecule has 0 amide bonds. The summed E-state index contributed by atoms with van der Waals surface area (Å²) in [7, 11) is 0. The zero-order valence-corrected chi connectivity index (χ0v) is 8.33. The third-order valence-corrected chi connectivity index (χ3v) is 1.81. The van der Waals surface area contributed by atoms with Crippen LogP contribution in [0.5, 0.6) is 0 Å². The van der Waals surface area contributed by atoms with E-state index in [4.69, 9.17) is 5.26 Å². The monoisotopic (exact) mass is 209 g/mol. The van der Waals surface area contributed by atoms with Crippen molar-refractivity contribution >= 4 is 0 Å². The Kier molecular flexibility index (Phi) is 2.91. The van der Waals surface area contributed by atoms with Crippen LogP contribution < -0.4 is 0 Å². The lowest BCUT2D eigenvalue weighted by Gasteiger charge is -1.91. The smallest absolute Gasteiger partial charge is 0.232 e. The summed E-state index contributed by atoms with van der Waals surface area (Å²) in [5.41, 5.74) is 0.694. The third kappa shape index (κ3) is 2.43. The van der Waals surface area contributed by atoms with Gasteiger partial charge in [0.2, 0.25) is 5.82 Å². The van der Waals surface area contributed by atoms with Crippen LogP contribution in [0.2, 0.25) is 0 Å². The lowest BCUT2D eigenvalue weighted by atomic mass is 10.3. The van der Waals surface area contributed by atoms with Crippen LogP contribution in [0.3, 0.4) is 0 Å². The van der Waals surface area contributed by atoms with Crippen molar-refractivity contribution in [2.24, 2.45) is 0 Å². The van der Waals surface area contributed by atoms with E-state index in [0.29, 0.717) is 12.1 Å². The largest absolute Gasteiger partial charge is 0.326 e. The minimum atomic E-state index is 0.153. The van der Waals surface area contributed by atoms with E-state index in [0.717, 1.165) is 0 Å². The van der Waals surface area contributed by atoms with Gasteiger partial charge in [-0.3, -0.25) is 0 Å². The van der Waals surface area contributed by atoms with Crippen molar-refractivity contribution in [3.63, 3.8) is 0 Å². The summed E-state index contributed by atoms with van der Waals surface area (Å²) in [5, 5.41) is 8.51. The van der Waals surface area contributed by atoms with Crippen LogP contribution in [0.25, 0.3) is 0 Å². The molecule has 0 unspecified atom stereocenters. The average Bonchev–Trinajstić information content (AvgIpc) is 2.83. The highest BCUT2D eigenvalue weighted by molar-refractivity contribution is 5.30. The van der Waals surface area contributed by atoms with E-state index in [9.17, 15) is 0 Å². The number of imidazole rings is 1. The molecule has 76 valence electrons. The molecule has 2 aromatic rings. The molecule has 0 saturated heterocycles. The van der Waals surface area contributed by atoms with Gasteiger partial charge in [0.25, 0.3) is 0 Å². The first-order valence-corrected chi connectivity index (χ1v) is 4.55. The van der Waals surface area contributed by atoms with Crippen molar-refractivity contribution in [1.82, 2.24) is 19.5 Å². The van der Waals surface area contributed by atoms with Gasteiger partial charge in [-0.1, -0.05) is 11.8 Å². The Labute approximate surface area is 92.4 Å². The standard InChI is InChI=1S/C11H7N5/c12-6-11-14-7-10(8-15-11)2-1-4-16-5-3-13-9-16/h3,5,7-9H,4H2. The molecular weight excluding hydrogens is 202 g/mol. The SMILES string of the molecule is N#Cc1ncc(C#CCn2ccnc2)cn1. The van der Waals surface area contributed by atoms with E-state index in [1.807, 2.05) is 16.8 Å². The molecule has 0 fully saturated rings. The van der Waals surface area contributed by atoms with Gasteiger partial charge in [-0.15, -0.1) is 0 Å². The van der Waals surface area contributed by atoms with E-state index in [1.165, 1.54) is 12.4 Å². The van der Waals surface area contributed by atoms with Gasteiger partial charge in [0.05, 0.1) is 18.4 Å². The minimum absolute atomic E-state index is 0.153. The van der Waals surface area contributed by atoms with Crippen LogP contribution in [0, 0.1) is 23.2 Å². The molecule has 2 heterocycles. The van der Waals surface area contributed by atoms with Crippen molar-refractivity contribution in [3.8, 4) is 17.9 Å². The highest BCUT2D eigenvalue weighted by atomic mass is 15.0. The maximum absolute atomic E-state index is 8.51. The van der Waals surface area contributed by atoms with Crippen molar-refractivity contribution in [1.29, 1.82) is 5.26 Å². The van der Waals surface area contributed by atoms with Gasteiger partial charge in [0.15, 0.2) is 0 Å². The predicted molar refractivity (Wildman–Crippen MR) is 55.9 cm³/mol. The lowest BCUT2D eigenvalue weighted by Crippen LogP contribution is -1.91. The Hall–Kier alpha value is -2.66. The summed E-state index contributed by atoms with van der Waals surface area (Å²) < 4.78 is 1.86. The van der Waals surface area contributed by atoms with Crippen molar-refractivity contribution in [3.05, 3.63) is 42.5 Å². The third-order valence-electron chi connectivity index (χ3n) is 1.81.